The lowest BCUT2D eigenvalue weighted by Crippen LogP contribution is -2.48. The molecule has 2 aromatic carbocycles. The fourth-order valence-electron chi connectivity index (χ4n) is 3.60. The van der Waals surface area contributed by atoms with E-state index in [0.717, 1.165) is 23.4 Å². The van der Waals surface area contributed by atoms with E-state index >= 15 is 0 Å². The zero-order chi connectivity index (χ0) is 24.6. The highest BCUT2D eigenvalue weighted by Gasteiger charge is 2.23. The van der Waals surface area contributed by atoms with Crippen LogP contribution in [0.25, 0.3) is 0 Å². The molecule has 34 heavy (non-hydrogen) atoms. The van der Waals surface area contributed by atoms with Crippen molar-refractivity contribution in [3.63, 3.8) is 0 Å². The standard InChI is InChI=1S/C26H35N3O5/c1-19(28-25(31)33-18-20-9-6-5-7-10-20)21-11-8-12-22(15-21)29-13-14-32-23(17-29)16-27-24(30)34-26(2,3)4/h5-12,15,19,23H,13-14,16-18H2,1-4H3,(H,27,30)(H,28,31)/t19-,23?/m0/s1. The lowest BCUT2D eigenvalue weighted by molar-refractivity contribution is 0.0283. The number of ether oxygens (including phenoxy) is 3. The molecule has 184 valence electrons. The molecule has 1 heterocycles. The van der Waals surface area contributed by atoms with Crippen LogP contribution in [0.2, 0.25) is 0 Å². The van der Waals surface area contributed by atoms with E-state index in [1.54, 1.807) is 0 Å². The van der Waals surface area contributed by atoms with Gasteiger partial charge < -0.3 is 29.7 Å². The van der Waals surface area contributed by atoms with Crippen LogP contribution in [0, 0.1) is 0 Å². The molecule has 1 fully saturated rings. The van der Waals surface area contributed by atoms with Crippen LogP contribution in [0.5, 0.6) is 0 Å². The molecule has 2 aromatic rings. The van der Waals surface area contributed by atoms with Crippen molar-refractivity contribution in [2.75, 3.05) is 31.1 Å². The lowest BCUT2D eigenvalue weighted by atomic mass is 10.1. The Morgan fingerprint density at radius 1 is 1.12 bits per heavy atom. The molecular formula is C26H35N3O5. The number of nitrogens with zero attached hydrogens (tertiary/aromatic N) is 1. The van der Waals surface area contributed by atoms with E-state index in [-0.39, 0.29) is 18.8 Å². The molecule has 0 spiro atoms. The number of carbonyl (C=O) groups is 2. The summed E-state index contributed by atoms with van der Waals surface area (Å²) in [5.74, 6) is 0. The number of anilines is 1. The van der Waals surface area contributed by atoms with Crippen molar-refractivity contribution < 1.29 is 23.8 Å². The number of alkyl carbamates (subject to hydrolysis) is 2. The van der Waals surface area contributed by atoms with Gasteiger partial charge in [-0.05, 0) is 51.0 Å². The second kappa shape index (κ2) is 11.7. The Bertz CT molecular complexity index is 945. The molecule has 8 heteroatoms. The summed E-state index contributed by atoms with van der Waals surface area (Å²) in [7, 11) is 0. The zero-order valence-electron chi connectivity index (χ0n) is 20.4. The Labute approximate surface area is 201 Å². The monoisotopic (exact) mass is 469 g/mol. The summed E-state index contributed by atoms with van der Waals surface area (Å²) in [6.45, 7) is 9.96. The van der Waals surface area contributed by atoms with Gasteiger partial charge in [0.15, 0.2) is 0 Å². The zero-order valence-corrected chi connectivity index (χ0v) is 20.4. The van der Waals surface area contributed by atoms with Gasteiger partial charge >= 0.3 is 12.2 Å². The Balaban J connectivity index is 1.51. The number of benzene rings is 2. The van der Waals surface area contributed by atoms with Crippen molar-refractivity contribution in [3.8, 4) is 0 Å². The molecule has 0 bridgehead atoms. The summed E-state index contributed by atoms with van der Waals surface area (Å²) in [6.07, 6.45) is -1.05. The highest BCUT2D eigenvalue weighted by molar-refractivity contribution is 5.68. The van der Waals surface area contributed by atoms with Crippen molar-refractivity contribution in [1.82, 2.24) is 10.6 Å². The fourth-order valence-corrected chi connectivity index (χ4v) is 3.60. The maximum atomic E-state index is 12.2. The lowest BCUT2D eigenvalue weighted by Gasteiger charge is -2.35. The summed E-state index contributed by atoms with van der Waals surface area (Å²) < 4.78 is 16.4. The van der Waals surface area contributed by atoms with Crippen LogP contribution < -0.4 is 15.5 Å². The Morgan fingerprint density at radius 3 is 2.62 bits per heavy atom. The normalized spacial score (nSPS) is 16.9. The largest absolute Gasteiger partial charge is 0.445 e. The first-order valence-electron chi connectivity index (χ1n) is 11.6. The van der Waals surface area contributed by atoms with Gasteiger partial charge in [-0.3, -0.25) is 0 Å². The number of amides is 2. The van der Waals surface area contributed by atoms with Gasteiger partial charge in [0.1, 0.15) is 12.2 Å². The summed E-state index contributed by atoms with van der Waals surface area (Å²) in [5, 5.41) is 5.67. The molecular weight excluding hydrogens is 434 g/mol. The minimum absolute atomic E-state index is 0.145. The third-order valence-corrected chi connectivity index (χ3v) is 5.29. The van der Waals surface area contributed by atoms with Crippen molar-refractivity contribution >= 4 is 17.9 Å². The van der Waals surface area contributed by atoms with E-state index in [4.69, 9.17) is 14.2 Å². The molecule has 1 unspecified atom stereocenters. The average molecular weight is 470 g/mol. The Morgan fingerprint density at radius 2 is 1.88 bits per heavy atom. The van der Waals surface area contributed by atoms with E-state index in [1.807, 2.05) is 76.2 Å². The quantitative estimate of drug-likeness (QED) is 0.625. The molecule has 2 N–H and O–H groups in total. The molecule has 0 aliphatic carbocycles. The third-order valence-electron chi connectivity index (χ3n) is 5.29. The third kappa shape index (κ3) is 8.26. The molecule has 3 rings (SSSR count). The number of hydrogen-bond acceptors (Lipinski definition) is 6. The van der Waals surface area contributed by atoms with Gasteiger partial charge in [0, 0.05) is 25.3 Å². The van der Waals surface area contributed by atoms with Crippen molar-refractivity contribution in [3.05, 3.63) is 65.7 Å². The van der Waals surface area contributed by atoms with Crippen molar-refractivity contribution in [1.29, 1.82) is 0 Å². The number of nitrogens with one attached hydrogen (secondary N) is 2. The SMILES string of the molecule is C[C@H](NC(=O)OCc1ccccc1)c1cccc(N2CCOC(CNC(=O)OC(C)(C)C)C2)c1. The average Bonchev–Trinajstić information content (AvgIpc) is 2.81. The van der Waals surface area contributed by atoms with Crippen LogP contribution in [-0.2, 0) is 20.8 Å². The van der Waals surface area contributed by atoms with Gasteiger partial charge in [-0.15, -0.1) is 0 Å². The van der Waals surface area contributed by atoms with Crippen LogP contribution in [0.3, 0.4) is 0 Å². The smallest absolute Gasteiger partial charge is 0.407 e. The van der Waals surface area contributed by atoms with E-state index in [9.17, 15) is 9.59 Å². The minimum atomic E-state index is -0.539. The first-order chi connectivity index (χ1) is 16.2. The topological polar surface area (TPSA) is 89.1 Å². The molecule has 1 aliphatic heterocycles. The molecule has 0 aromatic heterocycles. The van der Waals surface area contributed by atoms with Gasteiger partial charge in [-0.1, -0.05) is 42.5 Å². The molecule has 1 aliphatic rings. The predicted molar refractivity (Wildman–Crippen MR) is 131 cm³/mol. The first-order valence-corrected chi connectivity index (χ1v) is 11.6. The maximum absolute atomic E-state index is 12.2. The second-order valence-electron chi connectivity index (χ2n) is 9.34. The van der Waals surface area contributed by atoms with Gasteiger partial charge in [0.05, 0.1) is 18.8 Å². The second-order valence-corrected chi connectivity index (χ2v) is 9.34. The maximum Gasteiger partial charge on any atom is 0.407 e. The van der Waals surface area contributed by atoms with Gasteiger partial charge in [0.25, 0.3) is 0 Å². The fraction of sp³-hybridized carbons (Fsp3) is 0.462. The van der Waals surface area contributed by atoms with Crippen LogP contribution in [0.4, 0.5) is 15.3 Å². The van der Waals surface area contributed by atoms with Crippen LogP contribution in [0.1, 0.15) is 44.9 Å². The van der Waals surface area contributed by atoms with E-state index in [2.05, 4.69) is 21.6 Å². The predicted octanol–water partition coefficient (Wildman–Crippen LogP) is 4.40. The highest BCUT2D eigenvalue weighted by atomic mass is 16.6. The molecule has 2 atom stereocenters. The highest BCUT2D eigenvalue weighted by Crippen LogP contribution is 2.23. The summed E-state index contributed by atoms with van der Waals surface area (Å²) in [4.78, 5) is 26.4. The molecule has 0 radical (unpaired) electrons. The Kier molecular flexibility index (Phi) is 8.76. The molecule has 1 saturated heterocycles. The van der Waals surface area contributed by atoms with Gasteiger partial charge in [-0.25, -0.2) is 9.59 Å². The first kappa shape index (κ1) is 25.4. The number of rotatable bonds is 7. The molecule has 0 saturated carbocycles. The number of morpholine rings is 1. The summed E-state index contributed by atoms with van der Waals surface area (Å²) in [5.41, 5.74) is 2.41. The van der Waals surface area contributed by atoms with Crippen LogP contribution in [0.15, 0.2) is 54.6 Å². The Hall–Kier alpha value is -3.26. The minimum Gasteiger partial charge on any atom is -0.445 e. The van der Waals surface area contributed by atoms with Crippen LogP contribution in [-0.4, -0.2) is 50.1 Å². The van der Waals surface area contributed by atoms with Gasteiger partial charge in [-0.2, -0.15) is 0 Å². The van der Waals surface area contributed by atoms with E-state index in [0.29, 0.717) is 19.7 Å². The van der Waals surface area contributed by atoms with Crippen LogP contribution >= 0.6 is 0 Å². The van der Waals surface area contributed by atoms with E-state index < -0.39 is 17.8 Å². The molecule has 8 nitrogen and oxygen atoms in total. The van der Waals surface area contributed by atoms with Crippen molar-refractivity contribution in [2.24, 2.45) is 0 Å². The summed E-state index contributed by atoms with van der Waals surface area (Å²) in [6, 6.07) is 17.4. The molecule has 2 amide bonds. The number of hydrogen-bond donors (Lipinski definition) is 2. The number of carbonyl (C=O) groups excluding carboxylic acids is 2. The summed E-state index contributed by atoms with van der Waals surface area (Å²) >= 11 is 0. The van der Waals surface area contributed by atoms with E-state index in [1.165, 1.54) is 0 Å². The van der Waals surface area contributed by atoms with Crippen molar-refractivity contribution in [2.45, 2.75) is 52.0 Å². The van der Waals surface area contributed by atoms with Gasteiger partial charge in [0.2, 0.25) is 0 Å².